The van der Waals surface area contributed by atoms with Crippen LogP contribution in [0, 0.1) is 0 Å². The highest BCUT2D eigenvalue weighted by molar-refractivity contribution is 5.95. The number of methoxy groups -OCH3 is 2. The molecule has 0 radical (unpaired) electrons. The zero-order valence-corrected chi connectivity index (χ0v) is 20.0. The molecule has 0 saturated carbocycles. The Hall–Kier alpha value is -4.13. The van der Waals surface area contributed by atoms with Gasteiger partial charge in [0.2, 0.25) is 5.91 Å². The van der Waals surface area contributed by atoms with E-state index >= 15 is 0 Å². The summed E-state index contributed by atoms with van der Waals surface area (Å²) in [5.41, 5.74) is 2.84. The molecule has 5 rings (SSSR count). The predicted octanol–water partition coefficient (Wildman–Crippen LogP) is 4.21. The van der Waals surface area contributed by atoms with Crippen LogP contribution in [0.3, 0.4) is 0 Å². The van der Waals surface area contributed by atoms with Crippen molar-refractivity contribution in [3.05, 3.63) is 78.4 Å². The molecule has 7 nitrogen and oxygen atoms in total. The van der Waals surface area contributed by atoms with Crippen LogP contribution in [0.2, 0.25) is 0 Å². The lowest BCUT2D eigenvalue weighted by atomic mass is 10.0. The zero-order chi connectivity index (χ0) is 24.2. The molecule has 1 fully saturated rings. The summed E-state index contributed by atoms with van der Waals surface area (Å²) in [5, 5.41) is 11.4. The van der Waals surface area contributed by atoms with E-state index in [1.807, 2.05) is 53.4 Å². The molecule has 3 aromatic carbocycles. The molecule has 1 amide bonds. The molecule has 0 aliphatic carbocycles. The second kappa shape index (κ2) is 10.0. The first-order chi connectivity index (χ1) is 17.2. The molecule has 1 saturated heterocycles. The average molecular weight is 469 g/mol. The molecule has 0 atom stereocenters. The molecule has 7 heteroatoms. The SMILES string of the molecule is COc1ccc(CC(=O)N2CCN(c3ccc(-c4cccc5ccccc45)nn3)CC2)cc1OC. The number of hydrogen-bond donors (Lipinski definition) is 0. The smallest absolute Gasteiger partial charge is 0.227 e. The molecule has 0 spiro atoms. The number of carbonyl (C=O) groups excluding carboxylic acids is 1. The first kappa shape index (κ1) is 22.7. The summed E-state index contributed by atoms with van der Waals surface area (Å²) in [6.07, 6.45) is 0.333. The quantitative estimate of drug-likeness (QED) is 0.422. The van der Waals surface area contributed by atoms with Crippen molar-refractivity contribution >= 4 is 22.5 Å². The summed E-state index contributed by atoms with van der Waals surface area (Å²) in [5.74, 6) is 2.23. The van der Waals surface area contributed by atoms with Gasteiger partial charge >= 0.3 is 0 Å². The maximum atomic E-state index is 12.9. The molecule has 0 bridgehead atoms. The van der Waals surface area contributed by atoms with Crippen LogP contribution in [0.15, 0.2) is 72.8 Å². The van der Waals surface area contributed by atoms with Crippen LogP contribution >= 0.6 is 0 Å². The van der Waals surface area contributed by atoms with Crippen LogP contribution in [0.25, 0.3) is 22.0 Å². The largest absolute Gasteiger partial charge is 0.493 e. The lowest BCUT2D eigenvalue weighted by molar-refractivity contribution is -0.130. The van der Waals surface area contributed by atoms with Crippen molar-refractivity contribution in [2.24, 2.45) is 0 Å². The van der Waals surface area contributed by atoms with Gasteiger partial charge in [0.05, 0.1) is 26.3 Å². The van der Waals surface area contributed by atoms with Gasteiger partial charge < -0.3 is 19.3 Å². The van der Waals surface area contributed by atoms with Crippen molar-refractivity contribution in [3.8, 4) is 22.8 Å². The van der Waals surface area contributed by atoms with Crippen molar-refractivity contribution < 1.29 is 14.3 Å². The Balaban J connectivity index is 1.21. The van der Waals surface area contributed by atoms with Gasteiger partial charge in [-0.1, -0.05) is 48.5 Å². The third-order valence-electron chi connectivity index (χ3n) is 6.48. The first-order valence-electron chi connectivity index (χ1n) is 11.7. The topological polar surface area (TPSA) is 67.8 Å². The number of carbonyl (C=O) groups is 1. The number of amides is 1. The molecule has 35 heavy (non-hydrogen) atoms. The van der Waals surface area contributed by atoms with Gasteiger partial charge in [0, 0.05) is 31.7 Å². The van der Waals surface area contributed by atoms with E-state index in [4.69, 9.17) is 9.47 Å². The fraction of sp³-hybridized carbons (Fsp3) is 0.250. The van der Waals surface area contributed by atoms with E-state index < -0.39 is 0 Å². The van der Waals surface area contributed by atoms with E-state index in [1.54, 1.807) is 14.2 Å². The predicted molar refractivity (Wildman–Crippen MR) is 137 cm³/mol. The highest BCUT2D eigenvalue weighted by Crippen LogP contribution is 2.29. The molecule has 4 aromatic rings. The van der Waals surface area contributed by atoms with E-state index in [2.05, 4.69) is 39.4 Å². The minimum Gasteiger partial charge on any atom is -0.493 e. The van der Waals surface area contributed by atoms with Crippen molar-refractivity contribution in [3.63, 3.8) is 0 Å². The molecule has 2 heterocycles. The van der Waals surface area contributed by atoms with Gasteiger partial charge in [-0.3, -0.25) is 4.79 Å². The van der Waals surface area contributed by atoms with Crippen LogP contribution in [-0.2, 0) is 11.2 Å². The molecule has 1 aliphatic heterocycles. The van der Waals surface area contributed by atoms with Gasteiger partial charge in [-0.2, -0.15) is 0 Å². The highest BCUT2D eigenvalue weighted by Gasteiger charge is 2.22. The summed E-state index contributed by atoms with van der Waals surface area (Å²) in [6, 6.07) is 24.2. The molecule has 1 aromatic heterocycles. The second-order valence-corrected chi connectivity index (χ2v) is 8.54. The van der Waals surface area contributed by atoms with E-state index in [1.165, 1.54) is 10.8 Å². The fourth-order valence-electron chi connectivity index (χ4n) is 4.55. The van der Waals surface area contributed by atoms with E-state index in [0.717, 1.165) is 35.7 Å². The Labute approximate surface area is 204 Å². The Morgan fingerprint density at radius 3 is 2.34 bits per heavy atom. The maximum absolute atomic E-state index is 12.9. The van der Waals surface area contributed by atoms with Gasteiger partial charge in [0.25, 0.3) is 0 Å². The Bertz CT molecular complexity index is 1330. The van der Waals surface area contributed by atoms with E-state index in [-0.39, 0.29) is 5.91 Å². The number of rotatable bonds is 6. The zero-order valence-electron chi connectivity index (χ0n) is 20.0. The van der Waals surface area contributed by atoms with Gasteiger partial charge in [-0.05, 0) is 40.6 Å². The number of nitrogens with zero attached hydrogens (tertiary/aromatic N) is 4. The monoisotopic (exact) mass is 468 g/mol. The lowest BCUT2D eigenvalue weighted by Gasteiger charge is -2.35. The van der Waals surface area contributed by atoms with Gasteiger partial charge in [-0.15, -0.1) is 10.2 Å². The van der Waals surface area contributed by atoms with Crippen LogP contribution in [-0.4, -0.2) is 61.4 Å². The van der Waals surface area contributed by atoms with Gasteiger partial charge in [-0.25, -0.2) is 0 Å². The molecule has 0 N–H and O–H groups in total. The van der Waals surface area contributed by atoms with Crippen LogP contribution in [0.4, 0.5) is 5.82 Å². The van der Waals surface area contributed by atoms with Crippen molar-refractivity contribution in [2.45, 2.75) is 6.42 Å². The number of ether oxygens (including phenoxy) is 2. The first-order valence-corrected chi connectivity index (χ1v) is 11.7. The summed E-state index contributed by atoms with van der Waals surface area (Å²) < 4.78 is 10.6. The summed E-state index contributed by atoms with van der Waals surface area (Å²) in [6.45, 7) is 2.75. The number of hydrogen-bond acceptors (Lipinski definition) is 6. The summed E-state index contributed by atoms with van der Waals surface area (Å²) in [7, 11) is 3.20. The van der Waals surface area contributed by atoms with E-state index in [9.17, 15) is 4.79 Å². The van der Waals surface area contributed by atoms with Crippen LogP contribution in [0.1, 0.15) is 5.56 Å². The van der Waals surface area contributed by atoms with E-state index in [0.29, 0.717) is 31.0 Å². The maximum Gasteiger partial charge on any atom is 0.227 e. The van der Waals surface area contributed by atoms with Gasteiger partial charge in [0.1, 0.15) is 0 Å². The molecular weight excluding hydrogens is 440 g/mol. The van der Waals surface area contributed by atoms with Crippen molar-refractivity contribution in [2.75, 3.05) is 45.3 Å². The lowest BCUT2D eigenvalue weighted by Crippen LogP contribution is -2.49. The number of anilines is 1. The second-order valence-electron chi connectivity index (χ2n) is 8.54. The third-order valence-corrected chi connectivity index (χ3v) is 6.48. The molecule has 178 valence electrons. The Kier molecular flexibility index (Phi) is 6.48. The Morgan fingerprint density at radius 1 is 0.829 bits per heavy atom. The third kappa shape index (κ3) is 4.75. The standard InChI is InChI=1S/C28H28N4O3/c1-34-25-12-10-20(18-26(25)35-2)19-28(33)32-16-14-31(15-17-32)27-13-11-24(29-30-27)23-9-5-7-21-6-3-4-8-22(21)23/h3-13,18H,14-17,19H2,1-2H3. The molecular formula is C28H28N4O3. The number of piperazine rings is 1. The summed E-state index contributed by atoms with van der Waals surface area (Å²) >= 11 is 0. The minimum atomic E-state index is 0.106. The molecule has 1 aliphatic rings. The average Bonchev–Trinajstić information content (AvgIpc) is 2.93. The Morgan fingerprint density at radius 2 is 1.60 bits per heavy atom. The van der Waals surface area contributed by atoms with Crippen LogP contribution in [0.5, 0.6) is 11.5 Å². The van der Waals surface area contributed by atoms with Crippen molar-refractivity contribution in [1.82, 2.24) is 15.1 Å². The minimum absolute atomic E-state index is 0.106. The highest BCUT2D eigenvalue weighted by atomic mass is 16.5. The normalized spacial score (nSPS) is 13.7. The summed E-state index contributed by atoms with van der Waals surface area (Å²) in [4.78, 5) is 17.0. The number of benzene rings is 3. The number of fused-ring (bicyclic) bond motifs is 1. The number of aromatic nitrogens is 2. The fourth-order valence-corrected chi connectivity index (χ4v) is 4.55. The molecule has 0 unspecified atom stereocenters. The van der Waals surface area contributed by atoms with Crippen molar-refractivity contribution in [1.29, 1.82) is 0 Å². The van der Waals surface area contributed by atoms with Gasteiger partial charge in [0.15, 0.2) is 17.3 Å². The van der Waals surface area contributed by atoms with Crippen LogP contribution < -0.4 is 14.4 Å².